The van der Waals surface area contributed by atoms with Crippen molar-refractivity contribution >= 4 is 5.97 Å². The third kappa shape index (κ3) is 1.48. The maximum Gasteiger partial charge on any atom is 0.357 e. The highest BCUT2D eigenvalue weighted by Crippen LogP contribution is 2.23. The Labute approximate surface area is 103 Å². The summed E-state index contributed by atoms with van der Waals surface area (Å²) >= 11 is 0. The number of hydrogen-bond donors (Lipinski definition) is 1. The van der Waals surface area contributed by atoms with Crippen LogP contribution in [0.5, 0.6) is 0 Å². The number of benzene rings is 1. The number of nitrogens with one attached hydrogen (secondary N) is 1. The number of imidazole rings is 1. The van der Waals surface area contributed by atoms with E-state index in [9.17, 15) is 9.59 Å². The molecule has 5 heteroatoms. The minimum absolute atomic E-state index is 0.131. The molecule has 0 saturated carbocycles. The molecule has 2 aromatic rings. The molecular weight excluding hydrogens is 232 g/mol. The maximum absolute atomic E-state index is 11.9. The standard InChI is InChI=1S/C13H12N2O3/c1-8(9-5-3-2-4-6-9)15-10-7-18-12(16)11(10)14-13(15)17/h2-6,8H,7H2,1H3,(H,14,17)/t8-/m0/s1. The molecule has 0 saturated heterocycles. The van der Waals surface area contributed by atoms with Crippen molar-refractivity contribution in [3.8, 4) is 0 Å². The van der Waals surface area contributed by atoms with Gasteiger partial charge >= 0.3 is 11.7 Å². The molecule has 0 fully saturated rings. The van der Waals surface area contributed by atoms with E-state index in [2.05, 4.69) is 4.98 Å². The molecule has 1 N–H and O–H groups in total. The highest BCUT2D eigenvalue weighted by Gasteiger charge is 2.30. The Morgan fingerprint density at radius 3 is 2.72 bits per heavy atom. The third-order valence-electron chi connectivity index (χ3n) is 3.24. The lowest BCUT2D eigenvalue weighted by Gasteiger charge is -2.14. The smallest absolute Gasteiger partial charge is 0.357 e. The Balaban J connectivity index is 2.11. The fourth-order valence-electron chi connectivity index (χ4n) is 2.29. The lowest BCUT2D eigenvalue weighted by Crippen LogP contribution is -2.23. The topological polar surface area (TPSA) is 64.1 Å². The molecule has 1 aliphatic rings. The van der Waals surface area contributed by atoms with Gasteiger partial charge in [-0.15, -0.1) is 0 Å². The van der Waals surface area contributed by atoms with E-state index in [1.807, 2.05) is 37.3 Å². The van der Waals surface area contributed by atoms with Crippen LogP contribution in [0.3, 0.4) is 0 Å². The van der Waals surface area contributed by atoms with E-state index in [1.54, 1.807) is 4.57 Å². The number of rotatable bonds is 2. The van der Waals surface area contributed by atoms with E-state index >= 15 is 0 Å². The van der Waals surface area contributed by atoms with Gasteiger partial charge in [-0.2, -0.15) is 0 Å². The molecule has 1 aliphatic heterocycles. The van der Waals surface area contributed by atoms with E-state index in [-0.39, 0.29) is 24.0 Å². The number of aromatic amines is 1. The predicted octanol–water partition coefficient (Wildman–Crippen LogP) is 1.46. The summed E-state index contributed by atoms with van der Waals surface area (Å²) in [5.41, 5.74) is 1.65. The summed E-state index contributed by atoms with van der Waals surface area (Å²) < 4.78 is 6.49. The molecule has 1 aromatic heterocycles. The molecule has 0 bridgehead atoms. The third-order valence-corrected chi connectivity index (χ3v) is 3.24. The molecule has 92 valence electrons. The number of nitrogens with zero attached hydrogens (tertiary/aromatic N) is 1. The van der Waals surface area contributed by atoms with Crippen molar-refractivity contribution in [1.29, 1.82) is 0 Å². The first-order valence-corrected chi connectivity index (χ1v) is 5.74. The van der Waals surface area contributed by atoms with E-state index in [1.165, 1.54) is 0 Å². The van der Waals surface area contributed by atoms with Gasteiger partial charge < -0.3 is 4.74 Å². The summed E-state index contributed by atoms with van der Waals surface area (Å²) in [6, 6.07) is 9.54. The molecule has 3 rings (SSSR count). The highest BCUT2D eigenvalue weighted by molar-refractivity contribution is 5.90. The number of H-pyrrole nitrogens is 1. The Morgan fingerprint density at radius 1 is 1.28 bits per heavy atom. The molecule has 1 aromatic carbocycles. The van der Waals surface area contributed by atoms with E-state index < -0.39 is 5.97 Å². The first-order chi connectivity index (χ1) is 8.68. The summed E-state index contributed by atoms with van der Waals surface area (Å²) in [4.78, 5) is 25.9. The summed E-state index contributed by atoms with van der Waals surface area (Å²) in [5.74, 6) is -0.457. The number of esters is 1. The minimum Gasteiger partial charge on any atom is -0.454 e. The van der Waals surface area contributed by atoms with Crippen LogP contribution in [0.1, 0.15) is 34.7 Å². The molecule has 1 atom stereocenters. The van der Waals surface area contributed by atoms with Crippen LogP contribution in [-0.2, 0) is 11.3 Å². The van der Waals surface area contributed by atoms with Crippen molar-refractivity contribution in [2.45, 2.75) is 19.6 Å². The first kappa shape index (κ1) is 10.8. The Hall–Kier alpha value is -2.30. The number of hydrogen-bond acceptors (Lipinski definition) is 3. The van der Waals surface area contributed by atoms with Gasteiger partial charge in [0.1, 0.15) is 6.61 Å². The van der Waals surface area contributed by atoms with Gasteiger partial charge in [-0.1, -0.05) is 30.3 Å². The van der Waals surface area contributed by atoms with E-state index in [0.717, 1.165) is 5.56 Å². The number of cyclic esters (lactones) is 1. The highest BCUT2D eigenvalue weighted by atomic mass is 16.5. The van der Waals surface area contributed by atoms with Crippen LogP contribution in [0, 0.1) is 0 Å². The molecule has 18 heavy (non-hydrogen) atoms. The average Bonchev–Trinajstić information content (AvgIpc) is 2.89. The van der Waals surface area contributed by atoms with Crippen molar-refractivity contribution in [3.63, 3.8) is 0 Å². The van der Waals surface area contributed by atoms with Gasteiger partial charge in [0.25, 0.3) is 0 Å². The monoisotopic (exact) mass is 244 g/mol. The van der Waals surface area contributed by atoms with Crippen molar-refractivity contribution < 1.29 is 9.53 Å². The van der Waals surface area contributed by atoms with Crippen molar-refractivity contribution in [2.75, 3.05) is 0 Å². The molecule has 0 aliphatic carbocycles. The largest absolute Gasteiger partial charge is 0.454 e. The lowest BCUT2D eigenvalue weighted by molar-refractivity contribution is 0.0523. The number of fused-ring (bicyclic) bond motifs is 1. The van der Waals surface area contributed by atoms with Gasteiger partial charge in [0.05, 0.1) is 11.7 Å². The molecule has 0 unspecified atom stereocenters. The zero-order chi connectivity index (χ0) is 12.7. The van der Waals surface area contributed by atoms with Gasteiger partial charge in [0.2, 0.25) is 0 Å². The van der Waals surface area contributed by atoms with Crippen LogP contribution in [0.2, 0.25) is 0 Å². The second-order valence-corrected chi connectivity index (χ2v) is 4.28. The molecule has 0 spiro atoms. The SMILES string of the molecule is C[C@@H](c1ccccc1)n1c2c([nH]c1=O)C(=O)OC2. The normalized spacial score (nSPS) is 15.3. The van der Waals surface area contributed by atoms with Gasteiger partial charge in [-0.3, -0.25) is 9.55 Å². The van der Waals surface area contributed by atoms with Crippen LogP contribution in [0.25, 0.3) is 0 Å². The second-order valence-electron chi connectivity index (χ2n) is 4.28. The zero-order valence-corrected chi connectivity index (χ0v) is 9.84. The van der Waals surface area contributed by atoms with Crippen molar-refractivity contribution in [2.24, 2.45) is 0 Å². The summed E-state index contributed by atoms with van der Waals surface area (Å²) in [7, 11) is 0. The van der Waals surface area contributed by atoms with Crippen molar-refractivity contribution in [1.82, 2.24) is 9.55 Å². The molecule has 2 heterocycles. The molecule has 0 radical (unpaired) electrons. The number of carbonyl (C=O) groups excluding carboxylic acids is 1. The average molecular weight is 244 g/mol. The van der Waals surface area contributed by atoms with Crippen LogP contribution in [0.4, 0.5) is 0 Å². The van der Waals surface area contributed by atoms with Crippen molar-refractivity contribution in [3.05, 3.63) is 57.8 Å². The van der Waals surface area contributed by atoms with Gasteiger partial charge in [-0.25, -0.2) is 9.59 Å². The number of carbonyl (C=O) groups is 1. The summed E-state index contributed by atoms with van der Waals surface area (Å²) in [5, 5.41) is 0. The van der Waals surface area contributed by atoms with E-state index in [0.29, 0.717) is 5.69 Å². The number of ether oxygens (including phenoxy) is 1. The molecule has 5 nitrogen and oxygen atoms in total. The van der Waals surface area contributed by atoms with Crippen LogP contribution in [-0.4, -0.2) is 15.5 Å². The number of aromatic nitrogens is 2. The van der Waals surface area contributed by atoms with Gasteiger partial charge in [0, 0.05) is 0 Å². The zero-order valence-electron chi connectivity index (χ0n) is 9.84. The first-order valence-electron chi connectivity index (χ1n) is 5.74. The Bertz CT molecular complexity index is 655. The Kier molecular flexibility index (Phi) is 2.33. The van der Waals surface area contributed by atoms with Gasteiger partial charge in [0.15, 0.2) is 5.69 Å². The fourth-order valence-corrected chi connectivity index (χ4v) is 2.29. The minimum atomic E-state index is -0.457. The fraction of sp³-hybridized carbons (Fsp3) is 0.231. The molecule has 0 amide bonds. The Morgan fingerprint density at radius 2 is 2.00 bits per heavy atom. The molecular formula is C13H12N2O3. The quantitative estimate of drug-likeness (QED) is 0.813. The van der Waals surface area contributed by atoms with Crippen LogP contribution < -0.4 is 5.69 Å². The van der Waals surface area contributed by atoms with Crippen LogP contribution >= 0.6 is 0 Å². The second kappa shape index (κ2) is 3.87. The van der Waals surface area contributed by atoms with Crippen LogP contribution in [0.15, 0.2) is 35.1 Å². The van der Waals surface area contributed by atoms with E-state index in [4.69, 9.17) is 4.74 Å². The lowest BCUT2D eigenvalue weighted by atomic mass is 10.1. The summed E-state index contributed by atoms with van der Waals surface area (Å²) in [6.07, 6.45) is 0. The maximum atomic E-state index is 11.9. The van der Waals surface area contributed by atoms with Gasteiger partial charge in [-0.05, 0) is 12.5 Å². The predicted molar refractivity (Wildman–Crippen MR) is 64.4 cm³/mol. The summed E-state index contributed by atoms with van der Waals surface area (Å²) in [6.45, 7) is 2.08.